The van der Waals surface area contributed by atoms with Gasteiger partial charge in [0.25, 0.3) is 0 Å². The lowest BCUT2D eigenvalue weighted by molar-refractivity contribution is 0.118. The smallest absolute Gasteiger partial charge is 0.128 e. The molecule has 20 heavy (non-hydrogen) atoms. The van der Waals surface area contributed by atoms with Crippen LogP contribution in [-0.2, 0) is 0 Å². The number of benzene rings is 2. The number of hydrogen-bond donors (Lipinski definition) is 1. The number of nitrogens with one attached hydrogen (secondary N) is 1. The van der Waals surface area contributed by atoms with Gasteiger partial charge in [0.15, 0.2) is 0 Å². The topological polar surface area (TPSA) is 21.3 Å². The number of rotatable bonds is 2. The van der Waals surface area contributed by atoms with Gasteiger partial charge in [-0.25, -0.2) is 0 Å². The van der Waals surface area contributed by atoms with E-state index in [9.17, 15) is 0 Å². The van der Waals surface area contributed by atoms with Gasteiger partial charge < -0.3 is 10.1 Å². The third-order valence-corrected chi connectivity index (χ3v) is 4.38. The first-order valence-corrected chi connectivity index (χ1v) is 7.57. The van der Waals surface area contributed by atoms with E-state index in [0.29, 0.717) is 0 Å². The van der Waals surface area contributed by atoms with Gasteiger partial charge in [0.05, 0.1) is 6.04 Å². The highest BCUT2D eigenvalue weighted by Crippen LogP contribution is 2.45. The van der Waals surface area contributed by atoms with Crippen LogP contribution in [0.2, 0.25) is 0 Å². The minimum absolute atomic E-state index is 0.137. The molecule has 0 fully saturated rings. The number of fused-ring (bicyclic) bond motifs is 1. The summed E-state index contributed by atoms with van der Waals surface area (Å²) in [6.45, 7) is 6.33. The Morgan fingerprint density at radius 2 is 1.90 bits per heavy atom. The second-order valence-electron chi connectivity index (χ2n) is 5.80. The van der Waals surface area contributed by atoms with Crippen molar-refractivity contribution in [3.63, 3.8) is 0 Å². The molecule has 3 heteroatoms. The Morgan fingerprint density at radius 3 is 2.65 bits per heavy atom. The minimum atomic E-state index is -0.270. The first-order chi connectivity index (χ1) is 9.47. The third kappa shape index (κ3) is 2.31. The lowest BCUT2D eigenvalue weighted by Crippen LogP contribution is -2.34. The van der Waals surface area contributed by atoms with E-state index < -0.39 is 0 Å². The van der Waals surface area contributed by atoms with E-state index >= 15 is 0 Å². The number of anilines is 1. The molecule has 0 bridgehead atoms. The van der Waals surface area contributed by atoms with Crippen molar-refractivity contribution in [1.29, 1.82) is 0 Å². The minimum Gasteiger partial charge on any atom is -0.485 e. The number of ether oxygens (including phenoxy) is 1. The lowest BCUT2D eigenvalue weighted by atomic mass is 9.94. The molecule has 1 aliphatic rings. The van der Waals surface area contributed by atoms with Gasteiger partial charge in [-0.15, -0.1) is 0 Å². The van der Waals surface area contributed by atoms with E-state index in [4.69, 9.17) is 4.74 Å². The standard InChI is InChI=1S/C17H18BrNO/c1-11-8-9-14(13(18)10-11)19-16-12-6-4-5-7-15(12)20-17(16,2)3/h4-10,16,19H,1-3H3. The normalized spacial score (nSPS) is 19.3. The largest absolute Gasteiger partial charge is 0.485 e. The van der Waals surface area contributed by atoms with Crippen molar-refractivity contribution in [2.24, 2.45) is 0 Å². The first kappa shape index (κ1) is 13.5. The van der Waals surface area contributed by atoms with Crippen LogP contribution in [0.5, 0.6) is 5.75 Å². The van der Waals surface area contributed by atoms with E-state index in [1.165, 1.54) is 11.1 Å². The highest BCUT2D eigenvalue weighted by atomic mass is 79.9. The summed E-state index contributed by atoms with van der Waals surface area (Å²) >= 11 is 3.63. The quantitative estimate of drug-likeness (QED) is 0.828. The van der Waals surface area contributed by atoms with Gasteiger partial charge in [-0.3, -0.25) is 0 Å². The van der Waals surface area contributed by atoms with Crippen molar-refractivity contribution in [3.8, 4) is 5.75 Å². The molecule has 1 unspecified atom stereocenters. The lowest BCUT2D eigenvalue weighted by Gasteiger charge is -2.28. The molecule has 3 rings (SSSR count). The number of para-hydroxylation sites is 1. The van der Waals surface area contributed by atoms with Crippen LogP contribution in [-0.4, -0.2) is 5.60 Å². The fraction of sp³-hybridized carbons (Fsp3) is 0.294. The van der Waals surface area contributed by atoms with Crippen LogP contribution in [0, 0.1) is 6.92 Å². The molecule has 0 saturated heterocycles. The van der Waals surface area contributed by atoms with Crippen LogP contribution in [0.4, 0.5) is 5.69 Å². The van der Waals surface area contributed by atoms with Crippen molar-refractivity contribution >= 4 is 21.6 Å². The molecule has 2 aromatic carbocycles. The maximum absolute atomic E-state index is 6.06. The van der Waals surface area contributed by atoms with Gasteiger partial charge in [-0.2, -0.15) is 0 Å². The van der Waals surface area contributed by atoms with Crippen molar-refractivity contribution < 1.29 is 4.74 Å². The maximum Gasteiger partial charge on any atom is 0.128 e. The molecule has 0 aromatic heterocycles. The highest BCUT2D eigenvalue weighted by Gasteiger charge is 2.41. The summed E-state index contributed by atoms with van der Waals surface area (Å²) < 4.78 is 7.15. The molecule has 0 radical (unpaired) electrons. The summed E-state index contributed by atoms with van der Waals surface area (Å²) in [4.78, 5) is 0. The molecule has 0 spiro atoms. The molecule has 1 atom stereocenters. The van der Waals surface area contributed by atoms with E-state index in [1.807, 2.05) is 12.1 Å². The Morgan fingerprint density at radius 1 is 1.15 bits per heavy atom. The van der Waals surface area contributed by atoms with Gasteiger partial charge in [0.2, 0.25) is 0 Å². The molecule has 1 aliphatic heterocycles. The summed E-state index contributed by atoms with van der Waals surface area (Å²) in [6.07, 6.45) is 0. The van der Waals surface area contributed by atoms with Crippen LogP contribution in [0.25, 0.3) is 0 Å². The zero-order chi connectivity index (χ0) is 14.3. The van der Waals surface area contributed by atoms with Crippen molar-refractivity contribution in [1.82, 2.24) is 0 Å². The highest BCUT2D eigenvalue weighted by molar-refractivity contribution is 9.10. The van der Waals surface area contributed by atoms with E-state index in [0.717, 1.165) is 15.9 Å². The maximum atomic E-state index is 6.06. The summed E-state index contributed by atoms with van der Waals surface area (Å²) in [7, 11) is 0. The Hall–Kier alpha value is -1.48. The van der Waals surface area contributed by atoms with Gasteiger partial charge in [-0.05, 0) is 60.5 Å². The summed E-state index contributed by atoms with van der Waals surface area (Å²) in [6, 6.07) is 14.7. The molecule has 0 aliphatic carbocycles. The fourth-order valence-corrected chi connectivity index (χ4v) is 3.28. The third-order valence-electron chi connectivity index (χ3n) is 3.72. The van der Waals surface area contributed by atoms with Crippen LogP contribution in [0.1, 0.15) is 31.0 Å². The molecular weight excluding hydrogens is 314 g/mol. The second-order valence-corrected chi connectivity index (χ2v) is 6.66. The van der Waals surface area contributed by atoms with Crippen molar-refractivity contribution in [2.75, 3.05) is 5.32 Å². The van der Waals surface area contributed by atoms with Crippen molar-refractivity contribution in [2.45, 2.75) is 32.4 Å². The summed E-state index contributed by atoms with van der Waals surface area (Å²) in [5.74, 6) is 0.971. The monoisotopic (exact) mass is 331 g/mol. The molecule has 0 saturated carbocycles. The predicted octanol–water partition coefficient (Wildman–Crippen LogP) is 5.08. The fourth-order valence-electron chi connectivity index (χ4n) is 2.67. The van der Waals surface area contributed by atoms with E-state index in [1.54, 1.807) is 0 Å². The van der Waals surface area contributed by atoms with Gasteiger partial charge in [-0.1, -0.05) is 24.3 Å². The summed E-state index contributed by atoms with van der Waals surface area (Å²) in [5, 5.41) is 3.61. The average Bonchev–Trinajstić information content (AvgIpc) is 2.63. The predicted molar refractivity (Wildman–Crippen MR) is 86.4 cm³/mol. The molecular formula is C17H18BrNO. The SMILES string of the molecule is Cc1ccc(NC2c3ccccc3OC2(C)C)c(Br)c1. The zero-order valence-electron chi connectivity index (χ0n) is 11.9. The number of halogens is 1. The Balaban J connectivity index is 1.97. The van der Waals surface area contributed by atoms with Gasteiger partial charge in [0, 0.05) is 15.7 Å². The van der Waals surface area contributed by atoms with Crippen LogP contribution < -0.4 is 10.1 Å². The number of hydrogen-bond acceptors (Lipinski definition) is 2. The van der Waals surface area contributed by atoms with Gasteiger partial charge >= 0.3 is 0 Å². The molecule has 0 amide bonds. The molecule has 104 valence electrons. The zero-order valence-corrected chi connectivity index (χ0v) is 13.5. The van der Waals surface area contributed by atoms with Crippen LogP contribution >= 0.6 is 15.9 Å². The van der Waals surface area contributed by atoms with E-state index in [-0.39, 0.29) is 11.6 Å². The second kappa shape index (κ2) is 4.81. The van der Waals surface area contributed by atoms with Crippen LogP contribution in [0.3, 0.4) is 0 Å². The Labute approximate surface area is 128 Å². The average molecular weight is 332 g/mol. The van der Waals surface area contributed by atoms with Crippen molar-refractivity contribution in [3.05, 3.63) is 58.1 Å². The van der Waals surface area contributed by atoms with E-state index in [2.05, 4.69) is 72.3 Å². The van der Waals surface area contributed by atoms with Gasteiger partial charge in [0.1, 0.15) is 11.4 Å². The molecule has 1 heterocycles. The van der Waals surface area contributed by atoms with Crippen LogP contribution in [0.15, 0.2) is 46.9 Å². The molecule has 1 N–H and O–H groups in total. The molecule has 2 nitrogen and oxygen atoms in total. The molecule has 2 aromatic rings. The first-order valence-electron chi connectivity index (χ1n) is 6.78. The summed E-state index contributed by atoms with van der Waals surface area (Å²) in [5.41, 5.74) is 3.28. The number of aryl methyl sites for hydroxylation is 1. The Bertz CT molecular complexity index is 651. The Kier molecular flexibility index (Phi) is 3.25.